The first kappa shape index (κ1) is 36.6. The first-order valence-corrected chi connectivity index (χ1v) is 18.4. The Morgan fingerprint density at radius 3 is 2.29 bits per heavy atom. The van der Waals surface area contributed by atoms with Gasteiger partial charge in [0.05, 0.1) is 24.6 Å². The van der Waals surface area contributed by atoms with Crippen LogP contribution in [0.2, 0.25) is 0 Å². The maximum atomic E-state index is 12.6. The number of hydrogen-bond acceptors (Lipinski definition) is 7. The first-order valence-electron chi connectivity index (χ1n) is 18.4. The Bertz CT molecular complexity index is 1890. The third kappa shape index (κ3) is 9.58. The Balaban J connectivity index is 1.03. The van der Waals surface area contributed by atoms with Crippen molar-refractivity contribution in [1.82, 2.24) is 14.9 Å². The van der Waals surface area contributed by atoms with E-state index in [1.807, 2.05) is 36.7 Å². The topological polar surface area (TPSA) is 139 Å². The number of nitrogens with zero attached hydrogens (tertiary/aromatic N) is 4. The molecule has 6 rings (SSSR count). The largest absolute Gasteiger partial charge is 0.480 e. The number of rotatable bonds is 13. The molecular weight excluding hydrogens is 651 g/mol. The van der Waals surface area contributed by atoms with Crippen LogP contribution in [0.15, 0.2) is 91.3 Å². The molecule has 3 N–H and O–H groups in total. The van der Waals surface area contributed by atoms with Crippen molar-refractivity contribution in [2.75, 3.05) is 11.9 Å². The highest BCUT2D eigenvalue weighted by molar-refractivity contribution is 5.92. The summed E-state index contributed by atoms with van der Waals surface area (Å²) in [4.78, 5) is 35.2. The summed E-state index contributed by atoms with van der Waals surface area (Å²) in [7, 11) is 0. The number of carboxylic acid groups (broad SMARTS) is 1. The Morgan fingerprint density at radius 2 is 1.65 bits per heavy atom. The van der Waals surface area contributed by atoms with Gasteiger partial charge >= 0.3 is 5.97 Å². The SMILES string of the molecule is CC[C@H]1CC[C@H](C2CC=C(c3cnc(-c4ccc(CN(CC(=O)O)C(O)c5ccc(NC(=O)Cc6cccc(C#N)c6)cc5)cc4)nc3)CC2)CC1. The molecule has 4 aromatic rings. The van der Waals surface area contributed by atoms with E-state index in [0.717, 1.165) is 52.8 Å². The van der Waals surface area contributed by atoms with Crippen LogP contribution in [0.1, 0.15) is 92.3 Å². The molecule has 2 aliphatic rings. The molecular formula is C43H47N5O4. The van der Waals surface area contributed by atoms with Gasteiger partial charge in [-0.2, -0.15) is 5.26 Å². The van der Waals surface area contributed by atoms with Crippen LogP contribution in [-0.4, -0.2) is 43.5 Å². The second-order valence-corrected chi connectivity index (χ2v) is 14.3. The predicted molar refractivity (Wildman–Crippen MR) is 201 cm³/mol. The summed E-state index contributed by atoms with van der Waals surface area (Å²) < 4.78 is 0. The van der Waals surface area contributed by atoms with Crippen molar-refractivity contribution < 1.29 is 19.8 Å². The van der Waals surface area contributed by atoms with Gasteiger partial charge in [-0.05, 0) is 96.4 Å². The highest BCUT2D eigenvalue weighted by Crippen LogP contribution is 2.41. The molecule has 9 nitrogen and oxygen atoms in total. The van der Waals surface area contributed by atoms with Crippen LogP contribution < -0.4 is 5.32 Å². The molecule has 1 aromatic heterocycles. The molecule has 9 heteroatoms. The van der Waals surface area contributed by atoms with E-state index in [-0.39, 0.29) is 25.4 Å². The van der Waals surface area contributed by atoms with Gasteiger partial charge in [-0.15, -0.1) is 0 Å². The molecule has 1 fully saturated rings. The van der Waals surface area contributed by atoms with E-state index >= 15 is 0 Å². The molecule has 0 aliphatic heterocycles. The smallest absolute Gasteiger partial charge is 0.317 e. The average molecular weight is 698 g/mol. The average Bonchev–Trinajstić information content (AvgIpc) is 3.18. The van der Waals surface area contributed by atoms with E-state index in [2.05, 4.69) is 34.4 Å². The van der Waals surface area contributed by atoms with Crippen molar-refractivity contribution in [2.45, 2.75) is 77.5 Å². The van der Waals surface area contributed by atoms with Crippen molar-refractivity contribution in [3.05, 3.63) is 119 Å². The Kier molecular flexibility index (Phi) is 12.2. The minimum atomic E-state index is -1.19. The maximum Gasteiger partial charge on any atom is 0.317 e. The number of carboxylic acids is 1. The van der Waals surface area contributed by atoms with Crippen LogP contribution in [0, 0.1) is 29.1 Å². The normalized spacial score (nSPS) is 19.3. The van der Waals surface area contributed by atoms with Gasteiger partial charge in [0.15, 0.2) is 5.82 Å². The Morgan fingerprint density at radius 1 is 0.923 bits per heavy atom. The minimum absolute atomic E-state index is 0.112. The number of amides is 1. The monoisotopic (exact) mass is 697 g/mol. The molecule has 268 valence electrons. The standard InChI is InChI=1S/C43H47N5O4/c1-2-29-6-10-33(11-7-29)34-14-16-35(17-15-34)38-25-45-42(46-26-38)36-12-8-30(9-13-36)27-48(28-41(50)51)43(52)37-18-20-39(21-19-37)47-40(49)23-31-4-3-5-32(22-31)24-44/h3-5,8-9,12-13,16,18-22,25-26,29,33-34,43,52H,2,6-7,10-11,14-15,17,23,27-28H2,1H3,(H,47,49)(H,50,51)/t29-,33-,34?,43?. The summed E-state index contributed by atoms with van der Waals surface area (Å²) >= 11 is 0. The van der Waals surface area contributed by atoms with Crippen LogP contribution in [0.25, 0.3) is 17.0 Å². The number of carbonyl (C=O) groups excluding carboxylic acids is 1. The molecule has 0 spiro atoms. The quantitative estimate of drug-likeness (QED) is 0.119. The van der Waals surface area contributed by atoms with Gasteiger partial charge < -0.3 is 15.5 Å². The predicted octanol–water partition coefficient (Wildman–Crippen LogP) is 8.17. The molecule has 52 heavy (non-hydrogen) atoms. The number of aliphatic carboxylic acids is 1. The van der Waals surface area contributed by atoms with Crippen molar-refractivity contribution >= 4 is 23.1 Å². The molecule has 3 aromatic carbocycles. The van der Waals surface area contributed by atoms with E-state index in [4.69, 9.17) is 5.26 Å². The number of aliphatic hydroxyl groups excluding tert-OH is 1. The number of carbonyl (C=O) groups is 2. The lowest BCUT2D eigenvalue weighted by Crippen LogP contribution is -2.33. The van der Waals surface area contributed by atoms with Crippen LogP contribution >= 0.6 is 0 Å². The zero-order valence-electron chi connectivity index (χ0n) is 29.7. The number of benzene rings is 3. The number of nitriles is 1. The van der Waals surface area contributed by atoms with Gasteiger partial charge in [0, 0.05) is 35.8 Å². The summed E-state index contributed by atoms with van der Waals surface area (Å²) in [6, 6.07) is 23.3. The van der Waals surface area contributed by atoms with Crippen molar-refractivity contribution in [2.24, 2.45) is 17.8 Å². The van der Waals surface area contributed by atoms with Gasteiger partial charge in [0.1, 0.15) is 6.23 Å². The van der Waals surface area contributed by atoms with Crippen molar-refractivity contribution in [1.29, 1.82) is 5.26 Å². The molecule has 0 saturated heterocycles. The van der Waals surface area contributed by atoms with Crippen LogP contribution in [0.5, 0.6) is 0 Å². The fourth-order valence-electron chi connectivity index (χ4n) is 7.74. The van der Waals surface area contributed by atoms with Gasteiger partial charge in [-0.3, -0.25) is 14.5 Å². The summed E-state index contributed by atoms with van der Waals surface area (Å²) in [5, 5.41) is 32.7. The number of hydrogen-bond donors (Lipinski definition) is 3. The van der Waals surface area contributed by atoms with E-state index in [0.29, 0.717) is 22.6 Å². The van der Waals surface area contributed by atoms with Gasteiger partial charge in [0.2, 0.25) is 5.91 Å². The summed E-state index contributed by atoms with van der Waals surface area (Å²) in [5.74, 6) is 1.94. The molecule has 1 amide bonds. The van der Waals surface area contributed by atoms with Gasteiger partial charge in [-0.1, -0.05) is 80.8 Å². The second kappa shape index (κ2) is 17.4. The van der Waals surface area contributed by atoms with Gasteiger partial charge in [0.25, 0.3) is 0 Å². The number of anilines is 1. The molecule has 2 atom stereocenters. The summed E-state index contributed by atoms with van der Waals surface area (Å²) in [6.45, 7) is 2.15. The van der Waals surface area contributed by atoms with Crippen molar-refractivity contribution in [3.63, 3.8) is 0 Å². The van der Waals surface area contributed by atoms with E-state index in [1.165, 1.54) is 49.0 Å². The molecule has 0 radical (unpaired) electrons. The lowest BCUT2D eigenvalue weighted by molar-refractivity contribution is -0.142. The fraction of sp³-hybridized carbons (Fsp3) is 0.372. The number of aromatic nitrogens is 2. The fourth-order valence-corrected chi connectivity index (χ4v) is 7.74. The zero-order chi connectivity index (χ0) is 36.5. The first-order chi connectivity index (χ1) is 25.3. The highest BCUT2D eigenvalue weighted by atomic mass is 16.4. The van der Waals surface area contributed by atoms with Crippen LogP contribution in [0.3, 0.4) is 0 Å². The number of aliphatic hydroxyl groups is 1. The Hall–Kier alpha value is -5.17. The summed E-state index contributed by atoms with van der Waals surface area (Å²) in [5.41, 5.74) is 6.37. The number of nitrogens with one attached hydrogen (secondary N) is 1. The lowest BCUT2D eigenvalue weighted by atomic mass is 9.71. The molecule has 2 unspecified atom stereocenters. The maximum absolute atomic E-state index is 12.6. The van der Waals surface area contributed by atoms with E-state index in [9.17, 15) is 19.8 Å². The Labute approximate surface area is 306 Å². The zero-order valence-corrected chi connectivity index (χ0v) is 29.7. The number of allylic oxidation sites excluding steroid dienone is 2. The molecule has 0 bridgehead atoms. The highest BCUT2D eigenvalue weighted by Gasteiger charge is 2.28. The third-order valence-corrected chi connectivity index (χ3v) is 10.8. The molecule has 1 heterocycles. The van der Waals surface area contributed by atoms with E-state index < -0.39 is 12.2 Å². The van der Waals surface area contributed by atoms with Crippen LogP contribution in [0.4, 0.5) is 5.69 Å². The van der Waals surface area contributed by atoms with Gasteiger partial charge in [-0.25, -0.2) is 9.97 Å². The van der Waals surface area contributed by atoms with E-state index in [1.54, 1.807) is 48.5 Å². The second-order valence-electron chi connectivity index (χ2n) is 14.3. The lowest BCUT2D eigenvalue weighted by Gasteiger charge is -2.35. The van der Waals surface area contributed by atoms with Crippen molar-refractivity contribution in [3.8, 4) is 17.5 Å². The molecule has 2 aliphatic carbocycles. The summed E-state index contributed by atoms with van der Waals surface area (Å²) in [6.07, 6.45) is 15.6. The third-order valence-electron chi connectivity index (χ3n) is 10.8. The molecule has 1 saturated carbocycles. The minimum Gasteiger partial charge on any atom is -0.480 e. The van der Waals surface area contributed by atoms with Crippen LogP contribution in [-0.2, 0) is 22.6 Å².